The molecule has 7 heteroatoms. The summed E-state index contributed by atoms with van der Waals surface area (Å²) in [5, 5.41) is 0. The predicted octanol–water partition coefficient (Wildman–Crippen LogP) is 3.80. The average molecular weight is 411 g/mol. The van der Waals surface area contributed by atoms with Gasteiger partial charge in [0.1, 0.15) is 11.5 Å². The number of hydrogen-bond acceptors (Lipinski definition) is 5. The van der Waals surface area contributed by atoms with Gasteiger partial charge in [-0.2, -0.15) is 4.31 Å². The molecule has 0 heterocycles. The third kappa shape index (κ3) is 4.75. The minimum Gasteiger partial charge on any atom is -0.497 e. The molecule has 0 fully saturated rings. The van der Waals surface area contributed by atoms with Gasteiger partial charge >= 0.3 is 0 Å². The van der Waals surface area contributed by atoms with Crippen LogP contribution >= 0.6 is 0 Å². The summed E-state index contributed by atoms with van der Waals surface area (Å²) >= 11 is 0. The highest BCUT2D eigenvalue weighted by Crippen LogP contribution is 2.25. The Hall–Kier alpha value is -3.32. The Bertz CT molecular complexity index is 1060. The smallest absolute Gasteiger partial charge is 0.278 e. The number of methoxy groups -OCH3 is 1. The highest BCUT2D eigenvalue weighted by atomic mass is 32.2. The SMILES string of the molecule is COc1ccc(OCC(=O)N(c2ccc(C)cc2)S(=O)(=O)c2ccccc2)cc1. The van der Waals surface area contributed by atoms with E-state index in [2.05, 4.69) is 0 Å². The van der Waals surface area contributed by atoms with Crippen LogP contribution < -0.4 is 13.8 Å². The van der Waals surface area contributed by atoms with Crippen molar-refractivity contribution >= 4 is 21.6 Å². The quantitative estimate of drug-likeness (QED) is 0.591. The molecule has 29 heavy (non-hydrogen) atoms. The minimum absolute atomic E-state index is 0.0263. The molecule has 0 atom stereocenters. The summed E-state index contributed by atoms with van der Waals surface area (Å²) in [4.78, 5) is 13.0. The van der Waals surface area contributed by atoms with Gasteiger partial charge in [-0.05, 0) is 55.5 Å². The third-order valence-electron chi connectivity index (χ3n) is 4.20. The molecule has 0 aliphatic heterocycles. The fraction of sp³-hybridized carbons (Fsp3) is 0.136. The Kier molecular flexibility index (Phi) is 6.19. The second kappa shape index (κ2) is 8.79. The molecule has 0 radical (unpaired) electrons. The van der Waals surface area contributed by atoms with Crippen molar-refractivity contribution in [3.05, 3.63) is 84.4 Å². The van der Waals surface area contributed by atoms with E-state index >= 15 is 0 Å². The topological polar surface area (TPSA) is 72.9 Å². The Labute approximate surface area is 170 Å². The monoisotopic (exact) mass is 411 g/mol. The van der Waals surface area contributed by atoms with Crippen LogP contribution in [0.4, 0.5) is 5.69 Å². The molecule has 0 spiro atoms. The van der Waals surface area contributed by atoms with E-state index in [1.165, 1.54) is 12.1 Å². The fourth-order valence-corrected chi connectivity index (χ4v) is 4.10. The second-order valence-electron chi connectivity index (χ2n) is 6.28. The van der Waals surface area contributed by atoms with Crippen molar-refractivity contribution in [1.29, 1.82) is 0 Å². The van der Waals surface area contributed by atoms with E-state index in [-0.39, 0.29) is 10.6 Å². The molecule has 0 bridgehead atoms. The van der Waals surface area contributed by atoms with Gasteiger partial charge in [0.25, 0.3) is 15.9 Å². The van der Waals surface area contributed by atoms with Crippen molar-refractivity contribution in [2.24, 2.45) is 0 Å². The molecule has 1 amide bonds. The van der Waals surface area contributed by atoms with Crippen LogP contribution in [-0.2, 0) is 14.8 Å². The summed E-state index contributed by atoms with van der Waals surface area (Å²) in [5.41, 5.74) is 1.20. The molecule has 0 aliphatic carbocycles. The number of amides is 1. The maximum absolute atomic E-state index is 13.2. The molecular formula is C22H21NO5S. The summed E-state index contributed by atoms with van der Waals surface area (Å²) < 4.78 is 37.8. The Morgan fingerprint density at radius 1 is 0.862 bits per heavy atom. The normalized spacial score (nSPS) is 11.0. The zero-order chi connectivity index (χ0) is 20.9. The van der Waals surface area contributed by atoms with Gasteiger partial charge in [0.05, 0.1) is 17.7 Å². The van der Waals surface area contributed by atoms with Gasteiger partial charge in [0.2, 0.25) is 0 Å². The lowest BCUT2D eigenvalue weighted by Crippen LogP contribution is -2.40. The van der Waals surface area contributed by atoms with E-state index < -0.39 is 22.5 Å². The van der Waals surface area contributed by atoms with Crippen molar-refractivity contribution in [2.75, 3.05) is 18.0 Å². The van der Waals surface area contributed by atoms with Gasteiger partial charge in [0.15, 0.2) is 6.61 Å². The summed E-state index contributed by atoms with van der Waals surface area (Å²) in [6, 6.07) is 21.2. The molecule has 3 aromatic carbocycles. The van der Waals surface area contributed by atoms with Crippen molar-refractivity contribution < 1.29 is 22.7 Å². The Morgan fingerprint density at radius 2 is 1.45 bits per heavy atom. The number of ether oxygens (including phenoxy) is 2. The zero-order valence-electron chi connectivity index (χ0n) is 16.1. The molecule has 0 saturated carbocycles. The van der Waals surface area contributed by atoms with Crippen LogP contribution in [0, 0.1) is 6.92 Å². The highest BCUT2D eigenvalue weighted by molar-refractivity contribution is 7.93. The average Bonchev–Trinajstić information content (AvgIpc) is 2.74. The molecule has 0 aliphatic rings. The van der Waals surface area contributed by atoms with Gasteiger partial charge in [-0.3, -0.25) is 4.79 Å². The van der Waals surface area contributed by atoms with Gasteiger partial charge in [-0.15, -0.1) is 0 Å². The molecule has 3 rings (SSSR count). The van der Waals surface area contributed by atoms with E-state index in [0.717, 1.165) is 9.87 Å². The number of anilines is 1. The van der Waals surface area contributed by atoms with Crippen LogP contribution in [-0.4, -0.2) is 28.0 Å². The van der Waals surface area contributed by atoms with Crippen LogP contribution in [0.5, 0.6) is 11.5 Å². The maximum atomic E-state index is 13.2. The van der Waals surface area contributed by atoms with Crippen LogP contribution in [0.25, 0.3) is 0 Å². The van der Waals surface area contributed by atoms with Crippen molar-refractivity contribution in [2.45, 2.75) is 11.8 Å². The lowest BCUT2D eigenvalue weighted by molar-refractivity contribution is -0.119. The largest absolute Gasteiger partial charge is 0.497 e. The number of benzene rings is 3. The van der Waals surface area contributed by atoms with Crippen LogP contribution in [0.15, 0.2) is 83.8 Å². The van der Waals surface area contributed by atoms with Gasteiger partial charge in [-0.25, -0.2) is 8.42 Å². The first-order valence-electron chi connectivity index (χ1n) is 8.88. The molecule has 6 nitrogen and oxygen atoms in total. The van der Waals surface area contributed by atoms with Gasteiger partial charge < -0.3 is 9.47 Å². The number of carbonyl (C=O) groups excluding carboxylic acids is 1. The van der Waals surface area contributed by atoms with E-state index in [1.807, 2.05) is 6.92 Å². The lowest BCUT2D eigenvalue weighted by Gasteiger charge is -2.23. The number of hydrogen-bond donors (Lipinski definition) is 0. The number of sulfonamides is 1. The molecule has 0 N–H and O–H groups in total. The summed E-state index contributed by atoms with van der Waals surface area (Å²) in [5.74, 6) is 0.380. The number of carbonyl (C=O) groups is 1. The van der Waals surface area contributed by atoms with Crippen molar-refractivity contribution in [1.82, 2.24) is 0 Å². The molecule has 0 aromatic heterocycles. The first-order chi connectivity index (χ1) is 13.9. The maximum Gasteiger partial charge on any atom is 0.278 e. The predicted molar refractivity (Wildman–Crippen MR) is 111 cm³/mol. The number of rotatable bonds is 7. The lowest BCUT2D eigenvalue weighted by atomic mass is 10.2. The first-order valence-corrected chi connectivity index (χ1v) is 10.3. The highest BCUT2D eigenvalue weighted by Gasteiger charge is 2.31. The van der Waals surface area contributed by atoms with Gasteiger partial charge in [0, 0.05) is 0 Å². The molecule has 3 aromatic rings. The molecule has 150 valence electrons. The minimum atomic E-state index is -4.10. The van der Waals surface area contributed by atoms with Crippen molar-refractivity contribution in [3.8, 4) is 11.5 Å². The number of nitrogens with zero attached hydrogens (tertiary/aromatic N) is 1. The second-order valence-corrected chi connectivity index (χ2v) is 8.06. The fourth-order valence-electron chi connectivity index (χ4n) is 2.67. The van der Waals surface area contributed by atoms with E-state index in [9.17, 15) is 13.2 Å². The Balaban J connectivity index is 1.90. The third-order valence-corrected chi connectivity index (χ3v) is 5.96. The first kappa shape index (κ1) is 20.4. The summed E-state index contributed by atoms with van der Waals surface area (Å²) in [7, 11) is -2.55. The Morgan fingerprint density at radius 3 is 2.03 bits per heavy atom. The van der Waals surface area contributed by atoms with Crippen molar-refractivity contribution in [3.63, 3.8) is 0 Å². The van der Waals surface area contributed by atoms with E-state index in [4.69, 9.17) is 9.47 Å². The van der Waals surface area contributed by atoms with E-state index in [1.54, 1.807) is 73.8 Å². The zero-order valence-corrected chi connectivity index (χ0v) is 16.9. The molecule has 0 unspecified atom stereocenters. The van der Waals surface area contributed by atoms with Crippen LogP contribution in [0.2, 0.25) is 0 Å². The summed E-state index contributed by atoms with van der Waals surface area (Å²) in [6.07, 6.45) is 0. The molecule has 0 saturated heterocycles. The van der Waals surface area contributed by atoms with E-state index in [0.29, 0.717) is 11.5 Å². The van der Waals surface area contributed by atoms with Gasteiger partial charge in [-0.1, -0.05) is 35.9 Å². The molecular weight excluding hydrogens is 390 g/mol. The standard InChI is InChI=1S/C22H21NO5S/c1-17-8-10-18(11-9-17)23(29(25,26)21-6-4-3-5-7-21)22(24)16-28-20-14-12-19(27-2)13-15-20/h3-15H,16H2,1-2H3. The number of aryl methyl sites for hydroxylation is 1. The van der Waals surface area contributed by atoms with Crippen LogP contribution in [0.1, 0.15) is 5.56 Å². The van der Waals surface area contributed by atoms with Crippen LogP contribution in [0.3, 0.4) is 0 Å². The summed E-state index contributed by atoms with van der Waals surface area (Å²) in [6.45, 7) is 1.45.